The maximum Gasteiger partial charge on any atom is 0.239 e. The van der Waals surface area contributed by atoms with Crippen molar-refractivity contribution in [3.05, 3.63) is 17.1 Å². The number of nitrogens with two attached hydrogens (primary N) is 1. The molecule has 2 aromatic rings. The molecule has 0 bridgehead atoms. The Kier molecular flexibility index (Phi) is 4.13. The lowest BCUT2D eigenvalue weighted by atomic mass is 10.2. The molecule has 6 heteroatoms. The van der Waals surface area contributed by atoms with E-state index in [-0.39, 0.29) is 18.5 Å². The van der Waals surface area contributed by atoms with E-state index in [1.165, 1.54) is 0 Å². The topological polar surface area (TPSA) is 71.2 Å². The van der Waals surface area contributed by atoms with Crippen LogP contribution < -0.4 is 16.0 Å². The average Bonchev–Trinajstić information content (AvgIpc) is 2.65. The van der Waals surface area contributed by atoms with Gasteiger partial charge in [-0.1, -0.05) is 0 Å². The zero-order valence-electron chi connectivity index (χ0n) is 12.2. The van der Waals surface area contributed by atoms with E-state index >= 15 is 0 Å². The van der Waals surface area contributed by atoms with Crippen molar-refractivity contribution in [1.82, 2.24) is 10.3 Å². The summed E-state index contributed by atoms with van der Waals surface area (Å²) in [5.41, 5.74) is 8.51. The van der Waals surface area contributed by atoms with Gasteiger partial charge in [0, 0.05) is 13.1 Å². The summed E-state index contributed by atoms with van der Waals surface area (Å²) in [4.78, 5) is 18.1. The number of aromatic nitrogens is 1. The summed E-state index contributed by atoms with van der Waals surface area (Å²) >= 11 is 1.62. The second-order valence-electron chi connectivity index (χ2n) is 5.19. The molecule has 2 rings (SSSR count). The van der Waals surface area contributed by atoms with Gasteiger partial charge in [-0.05, 0) is 32.9 Å². The number of nitrogens with zero attached hydrogens (tertiary/aromatic N) is 2. The third-order valence-electron chi connectivity index (χ3n) is 2.89. The van der Waals surface area contributed by atoms with E-state index in [0.29, 0.717) is 5.69 Å². The van der Waals surface area contributed by atoms with E-state index in [2.05, 4.69) is 10.3 Å². The number of likely N-dealkylation sites (N-methyl/N-ethyl adjacent to an activating group) is 1. The molecular weight excluding hydrogens is 272 g/mol. The zero-order chi connectivity index (χ0) is 14.9. The molecule has 1 aromatic carbocycles. The first-order chi connectivity index (χ1) is 9.36. The molecule has 108 valence electrons. The second-order valence-corrected chi connectivity index (χ2v) is 6.42. The highest BCUT2D eigenvalue weighted by Gasteiger charge is 2.13. The maximum absolute atomic E-state index is 11.8. The van der Waals surface area contributed by atoms with Crippen molar-refractivity contribution in [2.75, 3.05) is 24.2 Å². The van der Waals surface area contributed by atoms with Crippen LogP contribution in [0.25, 0.3) is 10.2 Å². The SMILES string of the molecule is Cc1nc2cc(N(C)CC(=O)NC(C)C)c(N)cc2s1. The van der Waals surface area contributed by atoms with Crippen LogP contribution in [0.15, 0.2) is 12.1 Å². The van der Waals surface area contributed by atoms with Crippen LogP contribution in [0.3, 0.4) is 0 Å². The van der Waals surface area contributed by atoms with Crippen molar-refractivity contribution in [3.8, 4) is 0 Å². The van der Waals surface area contributed by atoms with E-state index in [0.717, 1.165) is 20.9 Å². The minimum absolute atomic E-state index is 0.0172. The van der Waals surface area contributed by atoms with Crippen molar-refractivity contribution in [1.29, 1.82) is 0 Å². The van der Waals surface area contributed by atoms with Crippen LogP contribution in [-0.2, 0) is 4.79 Å². The van der Waals surface area contributed by atoms with Gasteiger partial charge in [0.25, 0.3) is 0 Å². The van der Waals surface area contributed by atoms with Gasteiger partial charge in [-0.15, -0.1) is 11.3 Å². The van der Waals surface area contributed by atoms with Crippen LogP contribution in [0, 0.1) is 6.92 Å². The number of fused-ring (bicyclic) bond motifs is 1. The Morgan fingerprint density at radius 1 is 1.50 bits per heavy atom. The predicted molar refractivity (Wildman–Crippen MR) is 85.3 cm³/mol. The number of anilines is 2. The number of amides is 1. The third kappa shape index (κ3) is 3.19. The Bertz CT molecular complexity index is 635. The number of carbonyl (C=O) groups excluding carboxylic acids is 1. The van der Waals surface area contributed by atoms with Gasteiger partial charge in [0.1, 0.15) is 0 Å². The number of hydrogen-bond donors (Lipinski definition) is 2. The number of rotatable bonds is 4. The Balaban J connectivity index is 2.22. The van der Waals surface area contributed by atoms with E-state index in [1.807, 2.05) is 44.9 Å². The van der Waals surface area contributed by atoms with E-state index in [4.69, 9.17) is 5.73 Å². The van der Waals surface area contributed by atoms with Crippen molar-refractivity contribution in [2.24, 2.45) is 0 Å². The molecule has 0 aliphatic carbocycles. The molecule has 0 saturated heterocycles. The number of hydrogen-bond acceptors (Lipinski definition) is 5. The zero-order valence-corrected chi connectivity index (χ0v) is 13.0. The van der Waals surface area contributed by atoms with Crippen molar-refractivity contribution in [3.63, 3.8) is 0 Å². The molecule has 0 spiro atoms. The minimum atomic E-state index is -0.0172. The lowest BCUT2D eigenvalue weighted by Gasteiger charge is -2.21. The molecule has 0 unspecified atom stereocenters. The number of thiazole rings is 1. The van der Waals surface area contributed by atoms with Crippen molar-refractivity contribution < 1.29 is 4.79 Å². The van der Waals surface area contributed by atoms with Gasteiger partial charge in [0.2, 0.25) is 5.91 Å². The molecular formula is C14H20N4OS. The first-order valence-corrected chi connectivity index (χ1v) is 7.35. The normalized spacial score (nSPS) is 11.1. The molecule has 1 amide bonds. The largest absolute Gasteiger partial charge is 0.397 e. The lowest BCUT2D eigenvalue weighted by molar-refractivity contribution is -0.120. The molecule has 0 fully saturated rings. The molecule has 0 aliphatic rings. The highest BCUT2D eigenvalue weighted by atomic mass is 32.1. The minimum Gasteiger partial charge on any atom is -0.397 e. The Hall–Kier alpha value is -1.82. The number of benzene rings is 1. The number of aryl methyl sites for hydroxylation is 1. The van der Waals surface area contributed by atoms with Gasteiger partial charge in [0.05, 0.1) is 33.1 Å². The number of nitrogen functional groups attached to an aromatic ring is 1. The Morgan fingerprint density at radius 2 is 2.20 bits per heavy atom. The van der Waals surface area contributed by atoms with Crippen LogP contribution in [0.1, 0.15) is 18.9 Å². The van der Waals surface area contributed by atoms with Crippen LogP contribution in [0.4, 0.5) is 11.4 Å². The fourth-order valence-corrected chi connectivity index (χ4v) is 2.95. The number of nitrogens with one attached hydrogen (secondary N) is 1. The molecule has 5 nitrogen and oxygen atoms in total. The summed E-state index contributed by atoms with van der Waals surface area (Å²) in [5.74, 6) is -0.0172. The van der Waals surface area contributed by atoms with Crippen LogP contribution in [0.2, 0.25) is 0 Å². The third-order valence-corrected chi connectivity index (χ3v) is 3.82. The fraction of sp³-hybridized carbons (Fsp3) is 0.429. The molecule has 20 heavy (non-hydrogen) atoms. The Morgan fingerprint density at radius 3 is 2.85 bits per heavy atom. The van der Waals surface area contributed by atoms with E-state index in [1.54, 1.807) is 11.3 Å². The summed E-state index contributed by atoms with van der Waals surface area (Å²) in [6.45, 7) is 6.13. The Labute approximate surface area is 122 Å². The first kappa shape index (κ1) is 14.6. The molecule has 0 radical (unpaired) electrons. The van der Waals surface area contributed by atoms with Crippen LogP contribution in [-0.4, -0.2) is 30.5 Å². The van der Waals surface area contributed by atoms with Gasteiger partial charge < -0.3 is 16.0 Å². The summed E-state index contributed by atoms with van der Waals surface area (Å²) < 4.78 is 1.07. The number of carbonyl (C=O) groups is 1. The monoisotopic (exact) mass is 292 g/mol. The van der Waals surface area contributed by atoms with E-state index in [9.17, 15) is 4.79 Å². The summed E-state index contributed by atoms with van der Waals surface area (Å²) in [6, 6.07) is 4.00. The molecule has 0 aliphatic heterocycles. The summed E-state index contributed by atoms with van der Waals surface area (Å²) in [6.07, 6.45) is 0. The van der Waals surface area contributed by atoms with Gasteiger partial charge in [-0.2, -0.15) is 0 Å². The quantitative estimate of drug-likeness (QED) is 0.847. The van der Waals surface area contributed by atoms with Crippen LogP contribution in [0.5, 0.6) is 0 Å². The van der Waals surface area contributed by atoms with Gasteiger partial charge >= 0.3 is 0 Å². The van der Waals surface area contributed by atoms with Gasteiger partial charge in [-0.25, -0.2) is 4.98 Å². The molecule has 3 N–H and O–H groups in total. The van der Waals surface area contributed by atoms with Crippen molar-refractivity contribution in [2.45, 2.75) is 26.8 Å². The highest BCUT2D eigenvalue weighted by molar-refractivity contribution is 7.18. The summed E-state index contributed by atoms with van der Waals surface area (Å²) in [5, 5.41) is 3.88. The van der Waals surface area contributed by atoms with Gasteiger partial charge in [-0.3, -0.25) is 4.79 Å². The van der Waals surface area contributed by atoms with E-state index < -0.39 is 0 Å². The molecule has 0 atom stereocenters. The predicted octanol–water partition coefficient (Wildman–Crippen LogP) is 2.15. The fourth-order valence-electron chi connectivity index (χ4n) is 2.09. The molecule has 1 heterocycles. The maximum atomic E-state index is 11.8. The smallest absolute Gasteiger partial charge is 0.239 e. The molecule has 1 aromatic heterocycles. The van der Waals surface area contributed by atoms with Crippen molar-refractivity contribution >= 4 is 38.8 Å². The first-order valence-electron chi connectivity index (χ1n) is 6.54. The summed E-state index contributed by atoms with van der Waals surface area (Å²) in [7, 11) is 1.86. The highest BCUT2D eigenvalue weighted by Crippen LogP contribution is 2.31. The average molecular weight is 292 g/mol. The lowest BCUT2D eigenvalue weighted by Crippen LogP contribution is -2.38. The standard InChI is InChI=1S/C14H20N4OS/c1-8(2)16-14(19)7-18(4)12-6-11-13(5-10(12)15)20-9(3)17-11/h5-6,8H,7,15H2,1-4H3,(H,16,19). The van der Waals surface area contributed by atoms with Gasteiger partial charge in [0.15, 0.2) is 0 Å². The molecule has 0 saturated carbocycles. The second kappa shape index (κ2) is 5.66. The van der Waals surface area contributed by atoms with Crippen LogP contribution >= 0.6 is 11.3 Å².